The van der Waals surface area contributed by atoms with E-state index >= 15 is 0 Å². The summed E-state index contributed by atoms with van der Waals surface area (Å²) in [6.45, 7) is 5.51. The van der Waals surface area contributed by atoms with Crippen LogP contribution in [0.5, 0.6) is 0 Å². The Morgan fingerprint density at radius 1 is 1.28 bits per heavy atom. The zero-order chi connectivity index (χ0) is 18.6. The van der Waals surface area contributed by atoms with Gasteiger partial charge in [0.1, 0.15) is 11.6 Å². The van der Waals surface area contributed by atoms with Crippen LogP contribution in [0.15, 0.2) is 34.9 Å². The van der Waals surface area contributed by atoms with E-state index in [1.807, 2.05) is 20.8 Å². The highest BCUT2D eigenvalue weighted by molar-refractivity contribution is 6.39. The molecule has 2 aromatic rings. The molecule has 8 heteroatoms. The molecule has 0 bridgehead atoms. The first-order valence-corrected chi connectivity index (χ1v) is 7.66. The average molecular weight is 349 g/mol. The van der Waals surface area contributed by atoms with Crippen LogP contribution in [0.25, 0.3) is 0 Å². The highest BCUT2D eigenvalue weighted by Gasteiger charge is 2.22. The molecule has 0 aliphatic rings. The van der Waals surface area contributed by atoms with Crippen LogP contribution >= 0.6 is 0 Å². The van der Waals surface area contributed by atoms with Gasteiger partial charge < -0.3 is 14.9 Å². The Balaban J connectivity index is 1.88. The number of nitrogens with zero attached hydrogens (tertiary/aromatic N) is 1. The quantitative estimate of drug-likeness (QED) is 0.731. The molecule has 0 fully saturated rings. The molecule has 2 rings (SSSR count). The predicted molar refractivity (Wildman–Crippen MR) is 88.2 cm³/mol. The lowest BCUT2D eigenvalue weighted by atomic mass is 9.93. The van der Waals surface area contributed by atoms with E-state index in [1.165, 1.54) is 24.3 Å². The highest BCUT2D eigenvalue weighted by Crippen LogP contribution is 2.24. The topological polar surface area (TPSA) is 104 Å². The number of rotatable bonds is 4. The fraction of sp³-hybridized carbons (Fsp3) is 0.353. The maximum absolute atomic E-state index is 13.1. The summed E-state index contributed by atoms with van der Waals surface area (Å²) >= 11 is 0. The van der Waals surface area contributed by atoms with Crippen LogP contribution in [0.3, 0.4) is 0 Å². The lowest BCUT2D eigenvalue weighted by Crippen LogP contribution is -2.37. The molecule has 0 radical (unpaired) electrons. The van der Waals surface area contributed by atoms with Gasteiger partial charge in [-0.1, -0.05) is 38.1 Å². The number of benzene rings is 1. The van der Waals surface area contributed by atoms with Crippen molar-refractivity contribution in [2.75, 3.05) is 11.9 Å². The molecule has 0 saturated heterocycles. The molecule has 1 atom stereocenters. The molecule has 25 heavy (non-hydrogen) atoms. The fourth-order valence-corrected chi connectivity index (χ4v) is 1.96. The fourth-order valence-electron chi connectivity index (χ4n) is 1.96. The molecule has 1 unspecified atom stereocenters. The van der Waals surface area contributed by atoms with Crippen molar-refractivity contribution >= 4 is 17.6 Å². The Labute approximate surface area is 144 Å². The first-order valence-electron chi connectivity index (χ1n) is 7.66. The Morgan fingerprint density at radius 3 is 2.60 bits per heavy atom. The van der Waals surface area contributed by atoms with Crippen molar-refractivity contribution in [2.45, 2.75) is 32.3 Å². The summed E-state index contributed by atoms with van der Waals surface area (Å²) in [5.74, 6) is -1.71. The molecule has 2 amide bonds. The summed E-state index contributed by atoms with van der Waals surface area (Å²) in [5, 5.41) is 18.2. The molecular weight excluding hydrogens is 329 g/mol. The van der Waals surface area contributed by atoms with E-state index in [2.05, 4.69) is 15.8 Å². The number of aromatic nitrogens is 1. The SMILES string of the molecule is CC(C)(C)c1cc(NC(=O)C(=O)NCC(O)c2cccc(F)c2)no1. The number of aliphatic hydroxyl groups is 1. The molecule has 134 valence electrons. The zero-order valence-electron chi connectivity index (χ0n) is 14.2. The molecule has 1 heterocycles. The number of carbonyl (C=O) groups is 2. The summed E-state index contributed by atoms with van der Waals surface area (Å²) in [7, 11) is 0. The monoisotopic (exact) mass is 349 g/mol. The van der Waals surface area contributed by atoms with Gasteiger partial charge in [0.05, 0.1) is 6.10 Å². The standard InChI is InChI=1S/C17H20FN3O4/c1-17(2,3)13-8-14(21-25-13)20-16(24)15(23)19-9-12(22)10-5-4-6-11(18)7-10/h4-8,12,22H,9H2,1-3H3,(H,19,23)(H,20,21,24). The second-order valence-corrected chi connectivity index (χ2v) is 6.56. The van der Waals surface area contributed by atoms with Crippen molar-refractivity contribution < 1.29 is 23.6 Å². The molecule has 0 saturated carbocycles. The van der Waals surface area contributed by atoms with E-state index in [1.54, 1.807) is 0 Å². The number of aliphatic hydroxyl groups excluding tert-OH is 1. The van der Waals surface area contributed by atoms with Crippen LogP contribution in [0, 0.1) is 5.82 Å². The second kappa shape index (κ2) is 7.43. The van der Waals surface area contributed by atoms with E-state index in [0.29, 0.717) is 11.3 Å². The van der Waals surface area contributed by atoms with Crippen LogP contribution in [-0.2, 0) is 15.0 Å². The Morgan fingerprint density at radius 2 is 2.00 bits per heavy atom. The minimum absolute atomic E-state index is 0.121. The highest BCUT2D eigenvalue weighted by atomic mass is 19.1. The normalized spacial score (nSPS) is 12.5. The number of nitrogens with one attached hydrogen (secondary N) is 2. The Bertz CT molecular complexity index is 767. The maximum atomic E-state index is 13.1. The maximum Gasteiger partial charge on any atom is 0.314 e. The van der Waals surface area contributed by atoms with E-state index in [0.717, 1.165) is 6.07 Å². The van der Waals surface area contributed by atoms with Crippen LogP contribution in [0.2, 0.25) is 0 Å². The third-order valence-electron chi connectivity index (χ3n) is 3.39. The summed E-state index contributed by atoms with van der Waals surface area (Å²) in [4.78, 5) is 23.6. The molecule has 0 aliphatic carbocycles. The van der Waals surface area contributed by atoms with Gasteiger partial charge >= 0.3 is 11.8 Å². The number of halogens is 1. The lowest BCUT2D eigenvalue weighted by Gasteiger charge is -2.12. The molecule has 0 aliphatic heterocycles. The third kappa shape index (κ3) is 5.12. The van der Waals surface area contributed by atoms with Crippen molar-refractivity contribution in [1.82, 2.24) is 10.5 Å². The Hall–Kier alpha value is -2.74. The van der Waals surface area contributed by atoms with E-state index < -0.39 is 23.7 Å². The Kier molecular flexibility index (Phi) is 5.53. The second-order valence-electron chi connectivity index (χ2n) is 6.56. The summed E-state index contributed by atoms with van der Waals surface area (Å²) < 4.78 is 18.2. The lowest BCUT2D eigenvalue weighted by molar-refractivity contribution is -0.136. The van der Waals surface area contributed by atoms with Crippen LogP contribution in [0.1, 0.15) is 38.2 Å². The van der Waals surface area contributed by atoms with Gasteiger partial charge in [-0.2, -0.15) is 0 Å². The summed E-state index contributed by atoms with van der Waals surface area (Å²) in [5.41, 5.74) is 0.0138. The smallest absolute Gasteiger partial charge is 0.314 e. The molecule has 1 aromatic heterocycles. The third-order valence-corrected chi connectivity index (χ3v) is 3.39. The summed E-state index contributed by atoms with van der Waals surface area (Å²) in [6.07, 6.45) is -1.13. The zero-order valence-corrected chi connectivity index (χ0v) is 14.2. The predicted octanol–water partition coefficient (Wildman–Crippen LogP) is 1.90. The van der Waals surface area contributed by atoms with Crippen molar-refractivity contribution in [1.29, 1.82) is 0 Å². The summed E-state index contributed by atoms with van der Waals surface area (Å²) in [6, 6.07) is 6.89. The van der Waals surface area contributed by atoms with Crippen LogP contribution in [0.4, 0.5) is 10.2 Å². The van der Waals surface area contributed by atoms with Gasteiger partial charge in [-0.15, -0.1) is 0 Å². The number of anilines is 1. The molecule has 7 nitrogen and oxygen atoms in total. The number of hydrogen-bond donors (Lipinski definition) is 3. The first kappa shape index (κ1) is 18.6. The molecular formula is C17H20FN3O4. The number of hydrogen-bond acceptors (Lipinski definition) is 5. The van der Waals surface area contributed by atoms with Gasteiger partial charge in [-0.05, 0) is 17.7 Å². The van der Waals surface area contributed by atoms with E-state index in [-0.39, 0.29) is 17.8 Å². The van der Waals surface area contributed by atoms with Gasteiger partial charge in [0, 0.05) is 18.0 Å². The number of amides is 2. The first-order chi connectivity index (χ1) is 11.7. The van der Waals surface area contributed by atoms with Crippen LogP contribution in [-0.4, -0.2) is 28.6 Å². The van der Waals surface area contributed by atoms with Gasteiger partial charge in [0.2, 0.25) is 0 Å². The molecule has 3 N–H and O–H groups in total. The average Bonchev–Trinajstić information content (AvgIpc) is 3.01. The van der Waals surface area contributed by atoms with Crippen molar-refractivity contribution in [3.05, 3.63) is 47.5 Å². The van der Waals surface area contributed by atoms with Gasteiger partial charge in [-0.25, -0.2) is 4.39 Å². The van der Waals surface area contributed by atoms with Crippen molar-refractivity contribution in [3.63, 3.8) is 0 Å². The minimum Gasteiger partial charge on any atom is -0.387 e. The largest absolute Gasteiger partial charge is 0.387 e. The van der Waals surface area contributed by atoms with Crippen molar-refractivity contribution in [2.24, 2.45) is 0 Å². The molecule has 1 aromatic carbocycles. The van der Waals surface area contributed by atoms with Crippen molar-refractivity contribution in [3.8, 4) is 0 Å². The van der Waals surface area contributed by atoms with E-state index in [4.69, 9.17) is 4.52 Å². The minimum atomic E-state index is -1.13. The number of carbonyl (C=O) groups excluding carboxylic acids is 2. The van der Waals surface area contributed by atoms with Gasteiger partial charge in [0.15, 0.2) is 5.82 Å². The van der Waals surface area contributed by atoms with E-state index in [9.17, 15) is 19.1 Å². The van der Waals surface area contributed by atoms with Gasteiger partial charge in [-0.3, -0.25) is 14.9 Å². The van der Waals surface area contributed by atoms with Crippen LogP contribution < -0.4 is 10.6 Å². The van der Waals surface area contributed by atoms with Gasteiger partial charge in [0.25, 0.3) is 0 Å². The molecule has 0 spiro atoms.